The van der Waals surface area contributed by atoms with E-state index in [0.717, 1.165) is 0 Å². The van der Waals surface area contributed by atoms with Crippen molar-refractivity contribution in [1.29, 1.82) is 0 Å². The minimum atomic E-state index is 1.18. The predicted octanol–water partition coefficient (Wildman–Crippen LogP) is 11.9. The fraction of sp³-hybridized carbons (Fsp3) is 0. The molecule has 2 heteroatoms. The third kappa shape index (κ3) is 3.65. The third-order valence-corrected chi connectivity index (χ3v) is 9.67. The molecule has 0 unspecified atom stereocenters. The Balaban J connectivity index is 1.20. The molecule has 0 aliphatic carbocycles. The highest BCUT2D eigenvalue weighted by Gasteiger charge is 2.17. The summed E-state index contributed by atoms with van der Waals surface area (Å²) in [5.74, 6) is 0. The van der Waals surface area contributed by atoms with E-state index >= 15 is 0 Å². The van der Waals surface area contributed by atoms with Crippen molar-refractivity contribution in [3.63, 3.8) is 0 Å². The van der Waals surface area contributed by atoms with Crippen molar-refractivity contribution >= 4 is 65.2 Å². The fourth-order valence-electron chi connectivity index (χ4n) is 7.57. The van der Waals surface area contributed by atoms with Gasteiger partial charge in [0.25, 0.3) is 0 Å². The summed E-state index contributed by atoms with van der Waals surface area (Å²) in [6, 6.07) is 62.0. The molecule has 2 nitrogen and oxygen atoms in total. The first-order valence-electron chi connectivity index (χ1n) is 15.9. The lowest BCUT2D eigenvalue weighted by Gasteiger charge is -2.10. The lowest BCUT2D eigenvalue weighted by Crippen LogP contribution is -1.93. The molecule has 0 aliphatic heterocycles. The summed E-state index contributed by atoms with van der Waals surface area (Å²) in [7, 11) is 0. The van der Waals surface area contributed by atoms with Gasteiger partial charge >= 0.3 is 0 Å². The Morgan fingerprint density at radius 2 is 0.848 bits per heavy atom. The van der Waals surface area contributed by atoms with E-state index in [-0.39, 0.29) is 0 Å². The largest absolute Gasteiger partial charge is 0.309 e. The minimum Gasteiger partial charge on any atom is -0.309 e. The Bertz CT molecular complexity index is 2800. The summed E-state index contributed by atoms with van der Waals surface area (Å²) < 4.78 is 4.80. The van der Waals surface area contributed by atoms with E-state index in [0.29, 0.717) is 0 Å². The Hall–Kier alpha value is -6.12. The molecule has 46 heavy (non-hydrogen) atoms. The normalized spacial score (nSPS) is 11.9. The third-order valence-electron chi connectivity index (χ3n) is 9.67. The van der Waals surface area contributed by atoms with Crippen LogP contribution in [0.5, 0.6) is 0 Å². The van der Waals surface area contributed by atoms with Gasteiger partial charge in [-0.1, -0.05) is 109 Å². The zero-order valence-corrected chi connectivity index (χ0v) is 25.1. The van der Waals surface area contributed by atoms with Gasteiger partial charge in [-0.2, -0.15) is 0 Å². The fourth-order valence-corrected chi connectivity index (χ4v) is 7.57. The minimum absolute atomic E-state index is 1.18. The van der Waals surface area contributed by atoms with E-state index in [1.165, 1.54) is 87.7 Å². The van der Waals surface area contributed by atoms with E-state index in [4.69, 9.17) is 0 Å². The van der Waals surface area contributed by atoms with Gasteiger partial charge in [0.1, 0.15) is 0 Å². The standard InChI is InChI=1S/C44H28N2/c1-2-12-34(13-3-1)45-41-17-9-7-15-37(41)44-38-27-32(19-18-30(38)21-25-43(44)45)33-22-24-42-39(28-33)36-14-6-8-16-40(36)46(42)35-23-20-29-10-4-5-11-31(29)26-35/h1-28H. The van der Waals surface area contributed by atoms with Gasteiger partial charge in [0, 0.05) is 32.9 Å². The van der Waals surface area contributed by atoms with Crippen molar-refractivity contribution in [2.45, 2.75) is 0 Å². The first-order valence-corrected chi connectivity index (χ1v) is 15.9. The summed E-state index contributed by atoms with van der Waals surface area (Å²) in [5.41, 5.74) is 9.70. The highest BCUT2D eigenvalue weighted by Crippen LogP contribution is 2.40. The molecule has 2 aromatic heterocycles. The zero-order valence-electron chi connectivity index (χ0n) is 25.1. The van der Waals surface area contributed by atoms with Crippen LogP contribution in [0.4, 0.5) is 0 Å². The number of hydrogen-bond acceptors (Lipinski definition) is 0. The van der Waals surface area contributed by atoms with E-state index in [1.54, 1.807) is 0 Å². The molecule has 0 radical (unpaired) electrons. The number of hydrogen-bond donors (Lipinski definition) is 0. The molecule has 0 aliphatic rings. The van der Waals surface area contributed by atoms with E-state index in [2.05, 4.69) is 179 Å². The van der Waals surface area contributed by atoms with Crippen molar-refractivity contribution in [3.05, 3.63) is 170 Å². The van der Waals surface area contributed by atoms with Crippen LogP contribution in [-0.2, 0) is 0 Å². The average molecular weight is 585 g/mol. The topological polar surface area (TPSA) is 9.86 Å². The van der Waals surface area contributed by atoms with Crippen molar-refractivity contribution in [2.24, 2.45) is 0 Å². The van der Waals surface area contributed by atoms with E-state index in [1.807, 2.05) is 0 Å². The SMILES string of the molecule is c1ccc(-n2c3ccccc3c3c4cc(-c5ccc6c(c5)c5ccccc5n6-c5ccc6ccccc6c5)ccc4ccc32)cc1. The molecular formula is C44H28N2. The molecule has 0 amide bonds. The van der Waals surface area contributed by atoms with Crippen LogP contribution in [0, 0.1) is 0 Å². The van der Waals surface area contributed by atoms with Crippen molar-refractivity contribution in [1.82, 2.24) is 9.13 Å². The summed E-state index contributed by atoms with van der Waals surface area (Å²) in [4.78, 5) is 0. The molecule has 2 heterocycles. The Morgan fingerprint density at radius 3 is 1.70 bits per heavy atom. The van der Waals surface area contributed by atoms with Crippen LogP contribution in [0.15, 0.2) is 170 Å². The van der Waals surface area contributed by atoms with Crippen LogP contribution in [0.1, 0.15) is 0 Å². The van der Waals surface area contributed by atoms with Gasteiger partial charge in [0.2, 0.25) is 0 Å². The van der Waals surface area contributed by atoms with Gasteiger partial charge in [-0.05, 0) is 93.3 Å². The molecule has 0 saturated heterocycles. The quantitative estimate of drug-likeness (QED) is 0.195. The van der Waals surface area contributed by atoms with Crippen LogP contribution in [0.3, 0.4) is 0 Å². The molecule has 0 spiro atoms. The molecular weight excluding hydrogens is 556 g/mol. The number of fused-ring (bicyclic) bond motifs is 9. The Kier molecular flexibility index (Phi) is 5.31. The van der Waals surface area contributed by atoms with Gasteiger partial charge in [-0.15, -0.1) is 0 Å². The maximum atomic E-state index is 2.41. The molecule has 10 rings (SSSR count). The molecule has 0 N–H and O–H groups in total. The molecule has 10 aromatic rings. The van der Waals surface area contributed by atoms with Crippen LogP contribution in [0.2, 0.25) is 0 Å². The second-order valence-electron chi connectivity index (χ2n) is 12.2. The van der Waals surface area contributed by atoms with Crippen LogP contribution in [0.25, 0.3) is 87.7 Å². The Labute approximate surface area is 266 Å². The number of aromatic nitrogens is 2. The number of para-hydroxylation sites is 3. The smallest absolute Gasteiger partial charge is 0.0547 e. The van der Waals surface area contributed by atoms with Crippen molar-refractivity contribution < 1.29 is 0 Å². The molecule has 0 atom stereocenters. The second-order valence-corrected chi connectivity index (χ2v) is 12.2. The summed E-state index contributed by atoms with van der Waals surface area (Å²) in [6.45, 7) is 0. The monoisotopic (exact) mass is 584 g/mol. The number of rotatable bonds is 3. The summed E-state index contributed by atoms with van der Waals surface area (Å²) in [6.07, 6.45) is 0. The molecule has 0 bridgehead atoms. The van der Waals surface area contributed by atoms with Gasteiger partial charge in [-0.25, -0.2) is 0 Å². The van der Waals surface area contributed by atoms with E-state index < -0.39 is 0 Å². The Morgan fingerprint density at radius 1 is 0.283 bits per heavy atom. The predicted molar refractivity (Wildman–Crippen MR) is 196 cm³/mol. The van der Waals surface area contributed by atoms with Crippen LogP contribution < -0.4 is 0 Å². The van der Waals surface area contributed by atoms with Crippen LogP contribution in [-0.4, -0.2) is 9.13 Å². The van der Waals surface area contributed by atoms with Gasteiger partial charge in [-0.3, -0.25) is 0 Å². The highest BCUT2D eigenvalue weighted by atomic mass is 15.0. The molecule has 0 saturated carbocycles. The highest BCUT2D eigenvalue weighted by molar-refractivity contribution is 6.22. The number of nitrogens with zero attached hydrogens (tertiary/aromatic N) is 2. The maximum absolute atomic E-state index is 2.41. The average Bonchev–Trinajstić information content (AvgIpc) is 3.64. The zero-order chi connectivity index (χ0) is 30.2. The molecule has 8 aromatic carbocycles. The lowest BCUT2D eigenvalue weighted by molar-refractivity contribution is 1.18. The first-order chi connectivity index (χ1) is 22.8. The summed E-state index contributed by atoms with van der Waals surface area (Å²) >= 11 is 0. The number of benzene rings is 8. The second kappa shape index (κ2) is 9.69. The van der Waals surface area contributed by atoms with Crippen LogP contribution >= 0.6 is 0 Å². The summed E-state index contributed by atoms with van der Waals surface area (Å²) in [5, 5.41) is 10.1. The van der Waals surface area contributed by atoms with Gasteiger partial charge in [0.05, 0.1) is 22.1 Å². The maximum Gasteiger partial charge on any atom is 0.0547 e. The lowest BCUT2D eigenvalue weighted by atomic mass is 9.97. The van der Waals surface area contributed by atoms with Crippen molar-refractivity contribution in [3.8, 4) is 22.5 Å². The molecule has 0 fully saturated rings. The van der Waals surface area contributed by atoms with E-state index in [9.17, 15) is 0 Å². The van der Waals surface area contributed by atoms with Crippen molar-refractivity contribution in [2.75, 3.05) is 0 Å². The first kappa shape index (κ1) is 25.2. The molecule has 214 valence electrons. The van der Waals surface area contributed by atoms with Gasteiger partial charge in [0.15, 0.2) is 0 Å². The van der Waals surface area contributed by atoms with Gasteiger partial charge < -0.3 is 9.13 Å².